The van der Waals surface area contributed by atoms with Crippen molar-refractivity contribution in [3.8, 4) is 0 Å². The Morgan fingerprint density at radius 3 is 2.30 bits per heavy atom. The van der Waals surface area contributed by atoms with Gasteiger partial charge in [-0.3, -0.25) is 9.69 Å². The molecule has 1 unspecified atom stereocenters. The summed E-state index contributed by atoms with van der Waals surface area (Å²) in [6.45, 7) is 8.95. The number of aromatic amines is 1. The Kier molecular flexibility index (Phi) is 5.65. The lowest BCUT2D eigenvalue weighted by atomic mass is 10.0. The fourth-order valence-electron chi connectivity index (χ4n) is 3.79. The topological polar surface area (TPSA) is 65.6 Å². The first-order valence-corrected chi connectivity index (χ1v) is 9.29. The molecule has 1 aliphatic heterocycles. The number of methoxy groups -OCH3 is 1. The maximum absolute atomic E-state index is 13.1. The molecule has 27 heavy (non-hydrogen) atoms. The van der Waals surface area contributed by atoms with E-state index in [0.717, 1.165) is 26.2 Å². The number of anilines is 1. The molecule has 1 aliphatic rings. The number of para-hydroxylation sites is 1. The molecular weight excluding hydrogens is 342 g/mol. The van der Waals surface area contributed by atoms with Crippen molar-refractivity contribution in [2.24, 2.45) is 0 Å². The van der Waals surface area contributed by atoms with Crippen LogP contribution in [0.25, 0.3) is 0 Å². The van der Waals surface area contributed by atoms with E-state index in [-0.39, 0.29) is 11.8 Å². The van der Waals surface area contributed by atoms with Gasteiger partial charge in [0.05, 0.1) is 24.4 Å². The number of esters is 1. The number of benzene rings is 1. The smallest absolute Gasteiger partial charge is 0.339 e. The number of nitrogens with zero attached hydrogens (tertiary/aromatic N) is 2. The van der Waals surface area contributed by atoms with Crippen LogP contribution in [0.3, 0.4) is 0 Å². The lowest BCUT2D eigenvalue weighted by Crippen LogP contribution is -2.51. The summed E-state index contributed by atoms with van der Waals surface area (Å²) in [5, 5.41) is 0. The van der Waals surface area contributed by atoms with Gasteiger partial charge >= 0.3 is 5.97 Å². The average Bonchev–Trinajstić information content (AvgIpc) is 3.01. The van der Waals surface area contributed by atoms with Crippen LogP contribution in [-0.4, -0.2) is 61.0 Å². The number of ketones is 1. The molecule has 1 aromatic carbocycles. The number of carbonyl (C=O) groups is 2. The monoisotopic (exact) mass is 369 g/mol. The number of aryl methyl sites for hydroxylation is 1. The summed E-state index contributed by atoms with van der Waals surface area (Å²) in [6, 6.07) is 10.1. The Labute approximate surface area is 160 Å². The molecule has 1 N–H and O–H groups in total. The summed E-state index contributed by atoms with van der Waals surface area (Å²) in [4.78, 5) is 32.7. The average molecular weight is 369 g/mol. The van der Waals surface area contributed by atoms with E-state index in [9.17, 15) is 9.59 Å². The lowest BCUT2D eigenvalue weighted by molar-refractivity contribution is 0.0599. The number of hydrogen-bond donors (Lipinski definition) is 1. The highest BCUT2D eigenvalue weighted by Crippen LogP contribution is 2.22. The van der Waals surface area contributed by atoms with Gasteiger partial charge in [-0.15, -0.1) is 0 Å². The van der Waals surface area contributed by atoms with Gasteiger partial charge in [-0.25, -0.2) is 4.79 Å². The van der Waals surface area contributed by atoms with Crippen molar-refractivity contribution in [3.63, 3.8) is 0 Å². The van der Waals surface area contributed by atoms with E-state index in [4.69, 9.17) is 4.74 Å². The van der Waals surface area contributed by atoms with Crippen molar-refractivity contribution in [2.45, 2.75) is 26.8 Å². The number of carbonyl (C=O) groups excluding carboxylic acids is 2. The third-order valence-electron chi connectivity index (χ3n) is 5.44. The minimum absolute atomic E-state index is 0.0129. The van der Waals surface area contributed by atoms with E-state index in [1.807, 2.05) is 25.1 Å². The van der Waals surface area contributed by atoms with E-state index in [1.54, 1.807) is 13.8 Å². The van der Waals surface area contributed by atoms with Crippen molar-refractivity contribution in [1.29, 1.82) is 0 Å². The van der Waals surface area contributed by atoms with Gasteiger partial charge in [-0.2, -0.15) is 0 Å². The normalized spacial score (nSPS) is 16.2. The zero-order valence-electron chi connectivity index (χ0n) is 16.4. The zero-order valence-corrected chi connectivity index (χ0v) is 16.4. The molecule has 6 nitrogen and oxygen atoms in total. The fourth-order valence-corrected chi connectivity index (χ4v) is 3.79. The molecule has 0 radical (unpaired) electrons. The van der Waals surface area contributed by atoms with Gasteiger partial charge in [0.15, 0.2) is 5.78 Å². The van der Waals surface area contributed by atoms with Crippen molar-refractivity contribution >= 4 is 17.4 Å². The van der Waals surface area contributed by atoms with E-state index < -0.39 is 5.97 Å². The van der Waals surface area contributed by atoms with Gasteiger partial charge in [0.25, 0.3) is 0 Å². The minimum atomic E-state index is -0.413. The summed E-state index contributed by atoms with van der Waals surface area (Å²) in [5.74, 6) is -0.400. The third-order valence-corrected chi connectivity index (χ3v) is 5.44. The Balaban J connectivity index is 1.69. The van der Waals surface area contributed by atoms with Gasteiger partial charge in [-0.05, 0) is 38.5 Å². The van der Waals surface area contributed by atoms with Gasteiger partial charge in [0.2, 0.25) is 0 Å². The number of aromatic nitrogens is 1. The van der Waals surface area contributed by atoms with Crippen LogP contribution < -0.4 is 4.90 Å². The standard InChI is InChI=1S/C21H27N3O3/c1-14-18(21(26)27-4)15(2)22-19(14)20(25)16(3)23-10-12-24(13-11-23)17-8-6-5-7-9-17/h5-9,16,22H,10-13H2,1-4H3. The van der Waals surface area contributed by atoms with Crippen LogP contribution in [0.1, 0.15) is 39.0 Å². The highest BCUT2D eigenvalue weighted by molar-refractivity contribution is 6.03. The van der Waals surface area contributed by atoms with Crippen LogP contribution in [0.2, 0.25) is 0 Å². The molecule has 0 spiro atoms. The Hall–Kier alpha value is -2.60. The summed E-state index contributed by atoms with van der Waals surface area (Å²) in [5.41, 5.74) is 3.52. The molecule has 2 heterocycles. The van der Waals surface area contributed by atoms with Gasteiger partial charge < -0.3 is 14.6 Å². The second kappa shape index (κ2) is 7.96. The lowest BCUT2D eigenvalue weighted by Gasteiger charge is -2.38. The highest BCUT2D eigenvalue weighted by atomic mass is 16.5. The summed E-state index contributed by atoms with van der Waals surface area (Å²) >= 11 is 0. The largest absolute Gasteiger partial charge is 0.465 e. The first-order chi connectivity index (χ1) is 12.9. The maximum atomic E-state index is 13.1. The second-order valence-electron chi connectivity index (χ2n) is 7.02. The summed E-state index contributed by atoms with van der Waals surface area (Å²) in [6.07, 6.45) is 0. The summed E-state index contributed by atoms with van der Waals surface area (Å²) in [7, 11) is 1.35. The summed E-state index contributed by atoms with van der Waals surface area (Å²) < 4.78 is 4.84. The van der Waals surface area contributed by atoms with Crippen LogP contribution in [0, 0.1) is 13.8 Å². The SMILES string of the molecule is COC(=O)c1c(C)[nH]c(C(=O)C(C)N2CCN(c3ccccc3)CC2)c1C. The molecule has 0 amide bonds. The first kappa shape index (κ1) is 19.2. The number of H-pyrrole nitrogens is 1. The Morgan fingerprint density at radius 1 is 1.07 bits per heavy atom. The Morgan fingerprint density at radius 2 is 1.70 bits per heavy atom. The van der Waals surface area contributed by atoms with Crippen molar-refractivity contribution in [3.05, 3.63) is 52.8 Å². The van der Waals surface area contributed by atoms with Crippen LogP contribution >= 0.6 is 0 Å². The maximum Gasteiger partial charge on any atom is 0.339 e. The van der Waals surface area contributed by atoms with Crippen LogP contribution in [0.15, 0.2) is 30.3 Å². The molecular formula is C21H27N3O3. The van der Waals surface area contributed by atoms with Crippen LogP contribution in [0.4, 0.5) is 5.69 Å². The second-order valence-corrected chi connectivity index (χ2v) is 7.02. The molecule has 0 aliphatic carbocycles. The van der Waals surface area contributed by atoms with Gasteiger partial charge in [-0.1, -0.05) is 18.2 Å². The molecule has 0 saturated carbocycles. The number of Topliss-reactive ketones (excluding diaryl/α,β-unsaturated/α-hetero) is 1. The molecule has 2 aromatic rings. The Bertz CT molecular complexity index is 821. The van der Waals surface area contributed by atoms with E-state index in [0.29, 0.717) is 22.5 Å². The number of piperazine rings is 1. The molecule has 144 valence electrons. The van der Waals surface area contributed by atoms with Crippen molar-refractivity contribution in [1.82, 2.24) is 9.88 Å². The minimum Gasteiger partial charge on any atom is -0.465 e. The molecule has 1 saturated heterocycles. The predicted octanol–water partition coefficient (Wildman–Crippen LogP) is 2.81. The van der Waals surface area contributed by atoms with Crippen molar-refractivity contribution in [2.75, 3.05) is 38.2 Å². The molecule has 6 heteroatoms. The molecule has 3 rings (SSSR count). The first-order valence-electron chi connectivity index (χ1n) is 9.29. The van der Waals surface area contributed by atoms with E-state index >= 15 is 0 Å². The fraction of sp³-hybridized carbons (Fsp3) is 0.429. The third kappa shape index (κ3) is 3.76. The highest BCUT2D eigenvalue weighted by Gasteiger charge is 2.30. The van der Waals surface area contributed by atoms with Gasteiger partial charge in [0, 0.05) is 37.6 Å². The van der Waals surface area contributed by atoms with Crippen molar-refractivity contribution < 1.29 is 14.3 Å². The van der Waals surface area contributed by atoms with E-state index in [1.165, 1.54) is 12.8 Å². The number of rotatable bonds is 5. The van der Waals surface area contributed by atoms with Gasteiger partial charge in [0.1, 0.15) is 0 Å². The quantitative estimate of drug-likeness (QED) is 0.648. The predicted molar refractivity (Wildman–Crippen MR) is 106 cm³/mol. The van der Waals surface area contributed by atoms with E-state index in [2.05, 4.69) is 26.9 Å². The molecule has 1 aromatic heterocycles. The number of ether oxygens (including phenoxy) is 1. The molecule has 1 fully saturated rings. The van der Waals surface area contributed by atoms with Crippen LogP contribution in [0.5, 0.6) is 0 Å². The number of hydrogen-bond acceptors (Lipinski definition) is 5. The zero-order chi connectivity index (χ0) is 19.6. The molecule has 1 atom stereocenters. The van der Waals surface area contributed by atoms with Crippen LogP contribution in [-0.2, 0) is 4.74 Å². The number of nitrogens with one attached hydrogen (secondary N) is 1. The molecule has 0 bridgehead atoms.